The third-order valence-electron chi connectivity index (χ3n) is 4.35. The van der Waals surface area contributed by atoms with Gasteiger partial charge >= 0.3 is 0 Å². The predicted octanol–water partition coefficient (Wildman–Crippen LogP) is 2.89. The topological polar surface area (TPSA) is 89.8 Å². The van der Waals surface area contributed by atoms with Gasteiger partial charge in [0.05, 0.1) is 5.69 Å². The van der Waals surface area contributed by atoms with Crippen LogP contribution in [0.5, 0.6) is 0 Å². The number of nitrogens with one attached hydrogen (secondary N) is 1. The Labute approximate surface area is 140 Å². The van der Waals surface area contributed by atoms with E-state index in [1.165, 1.54) is 11.1 Å². The van der Waals surface area contributed by atoms with Gasteiger partial charge in [0.15, 0.2) is 0 Å². The van der Waals surface area contributed by atoms with E-state index in [9.17, 15) is 0 Å². The number of hydrogen-bond acceptors (Lipinski definition) is 5. The van der Waals surface area contributed by atoms with E-state index in [1.54, 1.807) is 0 Å². The predicted molar refractivity (Wildman–Crippen MR) is 97.6 cm³/mol. The second-order valence-corrected chi connectivity index (χ2v) is 6.14. The molecular weight excluding hydrogens is 298 g/mol. The Morgan fingerprint density at radius 3 is 2.21 bits per heavy atom. The molecule has 1 aromatic heterocycles. The second-order valence-electron chi connectivity index (χ2n) is 6.14. The molecule has 24 heavy (non-hydrogen) atoms. The molecule has 1 aliphatic carbocycles. The van der Waals surface area contributed by atoms with Crippen molar-refractivity contribution in [3.05, 3.63) is 65.7 Å². The fraction of sp³-hybridized carbons (Fsp3) is 0.158. The SMILES string of the molecule is Nc1ccc(-c2cc(NC3Cc4ccccc4C3)nc(N)n2)cc1. The number of rotatable bonds is 3. The molecule has 0 saturated carbocycles. The molecule has 3 aromatic rings. The van der Waals surface area contributed by atoms with Crippen LogP contribution < -0.4 is 16.8 Å². The van der Waals surface area contributed by atoms with E-state index in [1.807, 2.05) is 30.3 Å². The molecule has 4 rings (SSSR count). The lowest BCUT2D eigenvalue weighted by Gasteiger charge is -2.14. The summed E-state index contributed by atoms with van der Waals surface area (Å²) < 4.78 is 0. The van der Waals surface area contributed by atoms with E-state index in [0.29, 0.717) is 6.04 Å². The van der Waals surface area contributed by atoms with Gasteiger partial charge in [0.2, 0.25) is 5.95 Å². The molecule has 5 N–H and O–H groups in total. The maximum Gasteiger partial charge on any atom is 0.222 e. The van der Waals surface area contributed by atoms with E-state index in [4.69, 9.17) is 11.5 Å². The summed E-state index contributed by atoms with van der Waals surface area (Å²) >= 11 is 0. The molecular formula is C19H19N5. The fourth-order valence-electron chi connectivity index (χ4n) is 3.21. The lowest BCUT2D eigenvalue weighted by Crippen LogP contribution is -2.20. The molecule has 5 heteroatoms. The first kappa shape index (κ1) is 14.5. The Bertz CT molecular complexity index is 848. The van der Waals surface area contributed by atoms with Crippen LogP contribution in [0.15, 0.2) is 54.6 Å². The summed E-state index contributed by atoms with van der Waals surface area (Å²) in [5.41, 5.74) is 16.9. The van der Waals surface area contributed by atoms with Gasteiger partial charge in [-0.25, -0.2) is 4.98 Å². The van der Waals surface area contributed by atoms with Crippen LogP contribution in [-0.4, -0.2) is 16.0 Å². The number of anilines is 3. The van der Waals surface area contributed by atoms with Gasteiger partial charge in [0, 0.05) is 23.4 Å². The lowest BCUT2D eigenvalue weighted by molar-refractivity contribution is 0.768. The van der Waals surface area contributed by atoms with Crippen molar-refractivity contribution in [1.82, 2.24) is 9.97 Å². The molecule has 2 aromatic carbocycles. The maximum atomic E-state index is 5.90. The Balaban J connectivity index is 1.57. The summed E-state index contributed by atoms with van der Waals surface area (Å²) in [6, 6.07) is 18.4. The van der Waals surface area contributed by atoms with Crippen LogP contribution in [0, 0.1) is 0 Å². The summed E-state index contributed by atoms with van der Waals surface area (Å²) in [5, 5.41) is 3.49. The highest BCUT2D eigenvalue weighted by atomic mass is 15.1. The van der Waals surface area contributed by atoms with Crippen molar-refractivity contribution in [2.24, 2.45) is 0 Å². The Morgan fingerprint density at radius 2 is 1.54 bits per heavy atom. The number of nitrogens with zero attached hydrogens (tertiary/aromatic N) is 2. The van der Waals surface area contributed by atoms with Crippen LogP contribution in [0.4, 0.5) is 17.5 Å². The van der Waals surface area contributed by atoms with Crippen molar-refractivity contribution >= 4 is 17.5 Å². The summed E-state index contributed by atoms with van der Waals surface area (Å²) in [5.74, 6) is 1.02. The fourth-order valence-corrected chi connectivity index (χ4v) is 3.21. The minimum atomic E-state index is 0.266. The largest absolute Gasteiger partial charge is 0.399 e. The molecule has 0 saturated heterocycles. The van der Waals surface area contributed by atoms with E-state index in [-0.39, 0.29) is 5.95 Å². The molecule has 0 spiro atoms. The Hall–Kier alpha value is -3.08. The maximum absolute atomic E-state index is 5.90. The van der Waals surface area contributed by atoms with Crippen LogP contribution in [0.3, 0.4) is 0 Å². The lowest BCUT2D eigenvalue weighted by atomic mass is 10.1. The van der Waals surface area contributed by atoms with Crippen molar-refractivity contribution in [2.45, 2.75) is 18.9 Å². The molecule has 5 nitrogen and oxygen atoms in total. The number of benzene rings is 2. The molecule has 0 amide bonds. The number of aromatic nitrogens is 2. The molecule has 0 aliphatic heterocycles. The third-order valence-corrected chi connectivity index (χ3v) is 4.35. The van der Waals surface area contributed by atoms with Crippen LogP contribution >= 0.6 is 0 Å². The molecule has 0 atom stereocenters. The minimum Gasteiger partial charge on any atom is -0.399 e. The number of nitrogens with two attached hydrogens (primary N) is 2. The zero-order valence-electron chi connectivity index (χ0n) is 13.2. The van der Waals surface area contributed by atoms with E-state index in [2.05, 4.69) is 39.6 Å². The smallest absolute Gasteiger partial charge is 0.222 e. The quantitative estimate of drug-likeness (QED) is 0.646. The van der Waals surface area contributed by atoms with Crippen molar-refractivity contribution in [3.8, 4) is 11.3 Å². The molecule has 0 unspecified atom stereocenters. The van der Waals surface area contributed by atoms with Gasteiger partial charge in [-0.15, -0.1) is 0 Å². The van der Waals surface area contributed by atoms with Crippen LogP contribution in [0.2, 0.25) is 0 Å². The highest BCUT2D eigenvalue weighted by Gasteiger charge is 2.21. The monoisotopic (exact) mass is 317 g/mol. The average molecular weight is 317 g/mol. The van der Waals surface area contributed by atoms with Crippen LogP contribution in [-0.2, 0) is 12.8 Å². The van der Waals surface area contributed by atoms with Gasteiger partial charge in [-0.3, -0.25) is 0 Å². The molecule has 0 fully saturated rings. The highest BCUT2D eigenvalue weighted by Crippen LogP contribution is 2.26. The summed E-state index contributed by atoms with van der Waals surface area (Å²) in [6.07, 6.45) is 1.99. The summed E-state index contributed by atoms with van der Waals surface area (Å²) in [6.45, 7) is 0. The normalized spacial score (nSPS) is 13.7. The molecule has 0 bridgehead atoms. The van der Waals surface area contributed by atoms with Gasteiger partial charge in [-0.1, -0.05) is 36.4 Å². The van der Waals surface area contributed by atoms with Crippen molar-refractivity contribution < 1.29 is 0 Å². The summed E-state index contributed by atoms with van der Waals surface area (Å²) in [4.78, 5) is 8.67. The average Bonchev–Trinajstić information content (AvgIpc) is 2.97. The number of nitrogen functional groups attached to an aromatic ring is 2. The third kappa shape index (κ3) is 2.88. The summed E-state index contributed by atoms with van der Waals surface area (Å²) in [7, 11) is 0. The number of hydrogen-bond donors (Lipinski definition) is 3. The second kappa shape index (κ2) is 5.85. The Morgan fingerprint density at radius 1 is 0.875 bits per heavy atom. The molecule has 0 radical (unpaired) electrons. The molecule has 1 aliphatic rings. The van der Waals surface area contributed by atoms with Gasteiger partial charge < -0.3 is 16.8 Å². The van der Waals surface area contributed by atoms with Gasteiger partial charge in [0.25, 0.3) is 0 Å². The first-order chi connectivity index (χ1) is 11.7. The van der Waals surface area contributed by atoms with E-state index < -0.39 is 0 Å². The van der Waals surface area contributed by atoms with Gasteiger partial charge in [0.1, 0.15) is 5.82 Å². The van der Waals surface area contributed by atoms with E-state index in [0.717, 1.165) is 35.6 Å². The zero-order chi connectivity index (χ0) is 16.5. The first-order valence-corrected chi connectivity index (χ1v) is 8.01. The van der Waals surface area contributed by atoms with Gasteiger partial charge in [-0.05, 0) is 36.1 Å². The molecule has 120 valence electrons. The first-order valence-electron chi connectivity index (χ1n) is 8.01. The zero-order valence-corrected chi connectivity index (χ0v) is 13.2. The highest BCUT2D eigenvalue weighted by molar-refractivity contribution is 5.66. The molecule has 1 heterocycles. The van der Waals surface area contributed by atoms with Crippen LogP contribution in [0.25, 0.3) is 11.3 Å². The van der Waals surface area contributed by atoms with Gasteiger partial charge in [-0.2, -0.15) is 4.98 Å². The van der Waals surface area contributed by atoms with Crippen molar-refractivity contribution in [3.63, 3.8) is 0 Å². The van der Waals surface area contributed by atoms with Crippen LogP contribution in [0.1, 0.15) is 11.1 Å². The minimum absolute atomic E-state index is 0.266. The van der Waals surface area contributed by atoms with Crippen molar-refractivity contribution in [1.29, 1.82) is 0 Å². The van der Waals surface area contributed by atoms with E-state index >= 15 is 0 Å². The standard InChI is InChI=1S/C19H19N5/c20-15-7-5-12(6-8-15)17-11-18(24-19(21)23-17)22-16-9-13-3-1-2-4-14(13)10-16/h1-8,11,16H,9-10,20H2,(H3,21,22,23,24). The van der Waals surface area contributed by atoms with Crippen molar-refractivity contribution in [2.75, 3.05) is 16.8 Å². The number of fused-ring (bicyclic) bond motifs is 1. The Kier molecular flexibility index (Phi) is 3.54.